The van der Waals surface area contributed by atoms with Gasteiger partial charge in [-0.2, -0.15) is 4.98 Å². The standard InChI is InChI=1S/C16H18N6O2/c1-16(2,14-17-7-4-8-18-14)20-13-11-9-10(21-24)5-6-12(11)22(3)15(23)19-13/h4-9,21,24H,1-3H3,(H,19,20,23). The fourth-order valence-electron chi connectivity index (χ4n) is 2.49. The molecule has 8 nitrogen and oxygen atoms in total. The van der Waals surface area contributed by atoms with Gasteiger partial charge >= 0.3 is 5.69 Å². The van der Waals surface area contributed by atoms with Crippen LogP contribution in [0.3, 0.4) is 0 Å². The van der Waals surface area contributed by atoms with Crippen LogP contribution in [0.15, 0.2) is 41.5 Å². The number of anilines is 2. The lowest BCUT2D eigenvalue weighted by Gasteiger charge is -2.26. The monoisotopic (exact) mass is 326 g/mol. The molecule has 124 valence electrons. The van der Waals surface area contributed by atoms with E-state index >= 15 is 0 Å². The fourth-order valence-corrected chi connectivity index (χ4v) is 2.49. The number of nitrogens with zero attached hydrogens (tertiary/aromatic N) is 4. The van der Waals surface area contributed by atoms with E-state index in [1.807, 2.05) is 13.8 Å². The van der Waals surface area contributed by atoms with E-state index in [2.05, 4.69) is 25.7 Å². The molecule has 0 spiro atoms. The molecule has 0 amide bonds. The molecule has 3 aromatic rings. The summed E-state index contributed by atoms with van der Waals surface area (Å²) in [7, 11) is 1.65. The molecule has 24 heavy (non-hydrogen) atoms. The quantitative estimate of drug-likeness (QED) is 0.629. The molecule has 0 saturated heterocycles. The number of aromatic nitrogens is 4. The Morgan fingerprint density at radius 3 is 2.58 bits per heavy atom. The van der Waals surface area contributed by atoms with Crippen molar-refractivity contribution in [2.45, 2.75) is 19.4 Å². The highest BCUT2D eigenvalue weighted by Crippen LogP contribution is 2.28. The van der Waals surface area contributed by atoms with Crippen molar-refractivity contribution < 1.29 is 5.21 Å². The highest BCUT2D eigenvalue weighted by atomic mass is 16.5. The van der Waals surface area contributed by atoms with Gasteiger partial charge in [-0.3, -0.25) is 15.3 Å². The summed E-state index contributed by atoms with van der Waals surface area (Å²) in [6.07, 6.45) is 3.32. The Morgan fingerprint density at radius 1 is 1.21 bits per heavy atom. The molecule has 3 rings (SSSR count). The molecule has 2 aromatic heterocycles. The van der Waals surface area contributed by atoms with Gasteiger partial charge in [0.25, 0.3) is 0 Å². The summed E-state index contributed by atoms with van der Waals surface area (Å²) in [5, 5.41) is 13.1. The lowest BCUT2D eigenvalue weighted by Crippen LogP contribution is -2.33. The number of fused-ring (bicyclic) bond motifs is 1. The first-order chi connectivity index (χ1) is 11.4. The largest absolute Gasteiger partial charge is 0.357 e. The van der Waals surface area contributed by atoms with Crippen LogP contribution in [0.4, 0.5) is 11.5 Å². The SMILES string of the molecule is Cn1c(=O)nc(NC(C)(C)c2ncccn2)c2cc(NO)ccc21. The van der Waals surface area contributed by atoms with Crippen LogP contribution >= 0.6 is 0 Å². The zero-order valence-electron chi connectivity index (χ0n) is 13.6. The lowest BCUT2D eigenvalue weighted by atomic mass is 10.0. The lowest BCUT2D eigenvalue weighted by molar-refractivity contribution is 0.389. The second-order valence-corrected chi connectivity index (χ2v) is 5.97. The van der Waals surface area contributed by atoms with Crippen LogP contribution < -0.4 is 16.5 Å². The molecular weight excluding hydrogens is 308 g/mol. The molecule has 0 atom stereocenters. The predicted molar refractivity (Wildman–Crippen MR) is 91.1 cm³/mol. The highest BCUT2D eigenvalue weighted by Gasteiger charge is 2.25. The summed E-state index contributed by atoms with van der Waals surface area (Å²) < 4.78 is 1.45. The summed E-state index contributed by atoms with van der Waals surface area (Å²) in [6.45, 7) is 3.81. The van der Waals surface area contributed by atoms with Crippen LogP contribution in [-0.4, -0.2) is 24.7 Å². The minimum absolute atomic E-state index is 0.375. The Morgan fingerprint density at radius 2 is 1.92 bits per heavy atom. The first-order valence-corrected chi connectivity index (χ1v) is 7.39. The van der Waals surface area contributed by atoms with Gasteiger partial charge < -0.3 is 5.32 Å². The van der Waals surface area contributed by atoms with Crippen LogP contribution in [0, 0.1) is 0 Å². The summed E-state index contributed by atoms with van der Waals surface area (Å²) in [4.78, 5) is 24.8. The van der Waals surface area contributed by atoms with Crippen molar-refractivity contribution in [1.29, 1.82) is 0 Å². The van der Waals surface area contributed by atoms with E-state index in [0.29, 0.717) is 28.2 Å². The van der Waals surface area contributed by atoms with Gasteiger partial charge in [0, 0.05) is 24.8 Å². The van der Waals surface area contributed by atoms with E-state index < -0.39 is 5.54 Å². The Kier molecular flexibility index (Phi) is 3.90. The van der Waals surface area contributed by atoms with Gasteiger partial charge in [0.05, 0.1) is 16.7 Å². The number of hydrogen-bond donors (Lipinski definition) is 3. The second kappa shape index (κ2) is 5.89. The van der Waals surface area contributed by atoms with E-state index in [1.54, 1.807) is 43.7 Å². The van der Waals surface area contributed by atoms with Crippen molar-refractivity contribution in [3.8, 4) is 0 Å². The first kappa shape index (κ1) is 15.9. The van der Waals surface area contributed by atoms with E-state index in [4.69, 9.17) is 5.21 Å². The minimum atomic E-state index is -0.643. The number of benzene rings is 1. The molecule has 0 radical (unpaired) electrons. The highest BCUT2D eigenvalue weighted by molar-refractivity contribution is 5.92. The van der Waals surface area contributed by atoms with Gasteiger partial charge in [-0.05, 0) is 38.1 Å². The molecule has 0 aliphatic heterocycles. The number of hydrogen-bond acceptors (Lipinski definition) is 7. The minimum Gasteiger partial charge on any atom is -0.357 e. The molecule has 1 aromatic carbocycles. The molecule has 8 heteroatoms. The van der Waals surface area contributed by atoms with E-state index in [1.165, 1.54) is 4.57 Å². The van der Waals surface area contributed by atoms with Crippen molar-refractivity contribution in [3.05, 3.63) is 53.0 Å². The average Bonchev–Trinajstić information content (AvgIpc) is 2.59. The summed E-state index contributed by atoms with van der Waals surface area (Å²) in [6, 6.07) is 6.88. The predicted octanol–water partition coefficient (Wildman–Crippen LogP) is 1.87. The van der Waals surface area contributed by atoms with Crippen LogP contribution in [0.2, 0.25) is 0 Å². The van der Waals surface area contributed by atoms with Crippen molar-refractivity contribution in [1.82, 2.24) is 19.5 Å². The van der Waals surface area contributed by atoms with Gasteiger partial charge in [-0.15, -0.1) is 0 Å². The van der Waals surface area contributed by atoms with Gasteiger partial charge in [-0.1, -0.05) is 0 Å². The third-order valence-corrected chi connectivity index (χ3v) is 3.79. The average molecular weight is 326 g/mol. The molecule has 0 fully saturated rings. The number of nitrogens with one attached hydrogen (secondary N) is 2. The van der Waals surface area contributed by atoms with Crippen molar-refractivity contribution in [2.24, 2.45) is 7.05 Å². The normalized spacial score (nSPS) is 11.5. The second-order valence-electron chi connectivity index (χ2n) is 5.97. The third-order valence-electron chi connectivity index (χ3n) is 3.79. The van der Waals surface area contributed by atoms with E-state index in [9.17, 15) is 4.79 Å². The Balaban J connectivity index is 2.15. The van der Waals surface area contributed by atoms with Gasteiger partial charge in [0.1, 0.15) is 5.82 Å². The zero-order chi connectivity index (χ0) is 17.3. The van der Waals surface area contributed by atoms with Crippen LogP contribution in [-0.2, 0) is 12.6 Å². The van der Waals surface area contributed by atoms with Gasteiger partial charge in [-0.25, -0.2) is 14.8 Å². The van der Waals surface area contributed by atoms with Crippen molar-refractivity contribution in [3.63, 3.8) is 0 Å². The molecule has 0 aliphatic carbocycles. The number of rotatable bonds is 4. The molecular formula is C16H18N6O2. The summed E-state index contributed by atoms with van der Waals surface area (Å²) in [5.41, 5.74) is 2.28. The van der Waals surface area contributed by atoms with Crippen molar-refractivity contribution >= 4 is 22.4 Å². The van der Waals surface area contributed by atoms with Crippen molar-refractivity contribution in [2.75, 3.05) is 10.8 Å². The van der Waals surface area contributed by atoms with E-state index in [0.717, 1.165) is 0 Å². The van der Waals surface area contributed by atoms with E-state index in [-0.39, 0.29) is 5.69 Å². The first-order valence-electron chi connectivity index (χ1n) is 7.39. The molecule has 0 unspecified atom stereocenters. The Hall–Kier alpha value is -3.00. The topological polar surface area (TPSA) is 105 Å². The fraction of sp³-hybridized carbons (Fsp3) is 0.250. The number of aryl methyl sites for hydroxylation is 1. The Bertz CT molecular complexity index is 936. The Labute approximate surface area is 138 Å². The van der Waals surface area contributed by atoms with Crippen LogP contribution in [0.1, 0.15) is 19.7 Å². The summed E-state index contributed by atoms with van der Waals surface area (Å²) in [5.74, 6) is 0.986. The molecule has 2 heterocycles. The molecule has 0 bridgehead atoms. The maximum absolute atomic E-state index is 12.1. The maximum Gasteiger partial charge on any atom is 0.349 e. The van der Waals surface area contributed by atoms with Crippen LogP contribution in [0.5, 0.6) is 0 Å². The third kappa shape index (κ3) is 2.79. The molecule has 0 saturated carbocycles. The molecule has 0 aliphatic rings. The van der Waals surface area contributed by atoms with Crippen LogP contribution in [0.25, 0.3) is 10.9 Å². The smallest absolute Gasteiger partial charge is 0.349 e. The van der Waals surface area contributed by atoms with Gasteiger partial charge in [0.2, 0.25) is 0 Å². The summed E-state index contributed by atoms with van der Waals surface area (Å²) >= 11 is 0. The molecule has 3 N–H and O–H groups in total. The van der Waals surface area contributed by atoms with Gasteiger partial charge in [0.15, 0.2) is 5.82 Å². The maximum atomic E-state index is 12.1. The zero-order valence-corrected chi connectivity index (χ0v) is 13.6.